The molecule has 0 unspecified atom stereocenters. The molecule has 49 heavy (non-hydrogen) atoms. The molecule has 0 fully saturated rings. The van der Waals surface area contributed by atoms with Crippen molar-refractivity contribution < 1.29 is 21.6 Å². The highest BCUT2D eigenvalue weighted by atomic mass is 32.2. The minimum atomic E-state index is -4.12. The summed E-state index contributed by atoms with van der Waals surface area (Å²) in [4.78, 5) is 16.4. The van der Waals surface area contributed by atoms with E-state index in [-0.39, 0.29) is 15.4 Å². The highest BCUT2D eigenvalue weighted by molar-refractivity contribution is 7.99. The van der Waals surface area contributed by atoms with E-state index < -0.39 is 26.0 Å². The summed E-state index contributed by atoms with van der Waals surface area (Å²) < 4.78 is 51.9. The molecule has 0 saturated carbocycles. The predicted octanol–water partition coefficient (Wildman–Crippen LogP) is 5.90. The number of rotatable bonds is 16. The molecule has 0 heterocycles. The topological polar surface area (TPSA) is 139 Å². The van der Waals surface area contributed by atoms with Gasteiger partial charge in [-0.1, -0.05) is 78.9 Å². The first-order valence-corrected chi connectivity index (χ1v) is 19.6. The quantitative estimate of drug-likeness (QED) is 0.107. The van der Waals surface area contributed by atoms with Crippen molar-refractivity contribution in [2.24, 2.45) is 5.14 Å². The van der Waals surface area contributed by atoms with Crippen molar-refractivity contribution in [1.82, 2.24) is 9.62 Å². The van der Waals surface area contributed by atoms with Gasteiger partial charge in [0.05, 0.1) is 9.79 Å². The van der Waals surface area contributed by atoms with E-state index in [2.05, 4.69) is 27.1 Å². The summed E-state index contributed by atoms with van der Waals surface area (Å²) in [5.41, 5.74) is 3.93. The van der Waals surface area contributed by atoms with Crippen LogP contribution < -0.4 is 15.2 Å². The number of hydrogen-bond acceptors (Lipinski definition) is 8. The van der Waals surface area contributed by atoms with Gasteiger partial charge in [-0.2, -0.15) is 0 Å². The Hall–Kier alpha value is -4.46. The van der Waals surface area contributed by atoms with Gasteiger partial charge in [-0.05, 0) is 77.7 Å². The van der Waals surface area contributed by atoms with Gasteiger partial charge in [-0.3, -0.25) is 9.69 Å². The van der Waals surface area contributed by atoms with Gasteiger partial charge in [0.15, 0.2) is 0 Å². The number of primary sulfonamides is 1. The van der Waals surface area contributed by atoms with Crippen LogP contribution >= 0.6 is 11.8 Å². The smallest absolute Gasteiger partial charge is 0.265 e. The first-order chi connectivity index (χ1) is 23.5. The maximum absolute atomic E-state index is 13.2. The fourth-order valence-corrected chi connectivity index (χ4v) is 7.53. The van der Waals surface area contributed by atoms with Crippen LogP contribution in [0.15, 0.2) is 148 Å². The molecule has 0 aliphatic heterocycles. The van der Waals surface area contributed by atoms with Crippen LogP contribution in [0.4, 0.5) is 5.69 Å². The maximum atomic E-state index is 13.2. The number of anilines is 1. The molecule has 5 aromatic carbocycles. The average molecular weight is 715 g/mol. The second-order valence-corrected chi connectivity index (χ2v) is 15.8. The lowest BCUT2D eigenvalue weighted by atomic mass is 10.1. The van der Waals surface area contributed by atoms with Crippen molar-refractivity contribution >= 4 is 43.4 Å². The molecule has 0 aromatic heterocycles. The normalized spacial score (nSPS) is 11.7. The molecular weight excluding hydrogens is 677 g/mol. The zero-order valence-electron chi connectivity index (χ0n) is 26.7. The molecule has 5 rings (SSSR count). The highest BCUT2D eigenvalue weighted by Crippen LogP contribution is 2.20. The van der Waals surface area contributed by atoms with E-state index in [9.17, 15) is 21.6 Å². The molecule has 0 bridgehead atoms. The maximum Gasteiger partial charge on any atom is 0.265 e. The number of amides is 1. The molecule has 0 aliphatic carbocycles. The van der Waals surface area contributed by atoms with E-state index in [0.717, 1.165) is 33.9 Å². The standard InChI is InChI=1S/C37H38N4O5S3/c38-48(43,44)35-18-14-30(15-19-35)27-41(24-25-47-34-12-5-2-6-13-34)28-31-16-20-36(21-17-31)49(45,46)40-37(42)32-10-7-11-33(26-32)39-23-22-29-8-3-1-4-9-29/h1-21,26,39H,22-25,27-28H2,(H,40,42)(H2,38,43,44). The third-order valence-corrected chi connectivity index (χ3v) is 10.9. The number of carbonyl (C=O) groups is 1. The van der Waals surface area contributed by atoms with Gasteiger partial charge in [0.1, 0.15) is 0 Å². The number of nitrogens with two attached hydrogens (primary N) is 1. The van der Waals surface area contributed by atoms with Crippen LogP contribution in [-0.4, -0.2) is 46.5 Å². The number of benzene rings is 5. The van der Waals surface area contributed by atoms with Gasteiger partial charge in [0.25, 0.3) is 15.9 Å². The summed E-state index contributed by atoms with van der Waals surface area (Å²) in [7, 11) is -7.92. The Morgan fingerprint density at radius 1 is 0.673 bits per heavy atom. The molecule has 5 aromatic rings. The largest absolute Gasteiger partial charge is 0.385 e. The number of hydrogen-bond donors (Lipinski definition) is 3. The van der Waals surface area contributed by atoms with Crippen LogP contribution in [-0.2, 0) is 39.6 Å². The molecule has 0 spiro atoms. The van der Waals surface area contributed by atoms with Crippen LogP contribution in [0.5, 0.6) is 0 Å². The molecule has 4 N–H and O–H groups in total. The average Bonchev–Trinajstić information content (AvgIpc) is 3.09. The zero-order valence-corrected chi connectivity index (χ0v) is 29.2. The molecule has 0 saturated heterocycles. The summed E-state index contributed by atoms with van der Waals surface area (Å²) in [6.07, 6.45) is 0.806. The van der Waals surface area contributed by atoms with Crippen molar-refractivity contribution in [1.29, 1.82) is 0 Å². The van der Waals surface area contributed by atoms with Gasteiger partial charge in [0, 0.05) is 48.1 Å². The Balaban J connectivity index is 1.21. The summed E-state index contributed by atoms with van der Waals surface area (Å²) in [6.45, 7) is 2.43. The first kappa shape index (κ1) is 35.8. The summed E-state index contributed by atoms with van der Waals surface area (Å²) in [5, 5.41) is 8.54. The molecule has 0 aliphatic rings. The number of thioether (sulfide) groups is 1. The van der Waals surface area contributed by atoms with Gasteiger partial charge in [-0.25, -0.2) is 26.7 Å². The van der Waals surface area contributed by atoms with Gasteiger partial charge in [0.2, 0.25) is 10.0 Å². The lowest BCUT2D eigenvalue weighted by molar-refractivity contribution is 0.0981. The van der Waals surface area contributed by atoms with Crippen LogP contribution in [0.25, 0.3) is 0 Å². The summed E-state index contributed by atoms with van der Waals surface area (Å²) >= 11 is 1.73. The third kappa shape index (κ3) is 11.0. The molecule has 0 radical (unpaired) electrons. The predicted molar refractivity (Wildman–Crippen MR) is 195 cm³/mol. The lowest BCUT2D eigenvalue weighted by Crippen LogP contribution is -2.30. The van der Waals surface area contributed by atoms with Gasteiger partial charge in [-0.15, -0.1) is 11.8 Å². The lowest BCUT2D eigenvalue weighted by Gasteiger charge is -2.23. The van der Waals surface area contributed by atoms with Gasteiger partial charge < -0.3 is 5.32 Å². The number of nitrogens with one attached hydrogen (secondary N) is 2. The molecule has 254 valence electrons. The van der Waals surface area contributed by atoms with E-state index >= 15 is 0 Å². The van der Waals surface area contributed by atoms with Crippen molar-refractivity contribution in [3.63, 3.8) is 0 Å². The highest BCUT2D eigenvalue weighted by Gasteiger charge is 2.19. The van der Waals surface area contributed by atoms with Crippen LogP contribution in [0.2, 0.25) is 0 Å². The SMILES string of the molecule is NS(=O)(=O)c1ccc(CN(CCSc2ccccc2)Cc2ccc(S(=O)(=O)NC(=O)c3cccc(NCCc4ccccc4)c3)cc2)cc1. The minimum Gasteiger partial charge on any atom is -0.385 e. The Morgan fingerprint density at radius 3 is 1.88 bits per heavy atom. The Labute approximate surface area is 292 Å². The second kappa shape index (κ2) is 16.8. The minimum absolute atomic E-state index is 0.0218. The van der Waals surface area contributed by atoms with E-state index in [0.29, 0.717) is 26.2 Å². The van der Waals surface area contributed by atoms with E-state index in [1.54, 1.807) is 54.2 Å². The van der Waals surface area contributed by atoms with Crippen molar-refractivity contribution in [2.75, 3.05) is 24.2 Å². The van der Waals surface area contributed by atoms with Crippen LogP contribution in [0, 0.1) is 0 Å². The Bertz CT molecular complexity index is 2040. The second-order valence-electron chi connectivity index (χ2n) is 11.4. The van der Waals surface area contributed by atoms with Gasteiger partial charge >= 0.3 is 0 Å². The fourth-order valence-electron chi connectivity index (χ4n) is 5.10. The van der Waals surface area contributed by atoms with E-state index in [1.807, 2.05) is 54.6 Å². The van der Waals surface area contributed by atoms with Crippen molar-refractivity contribution in [2.45, 2.75) is 34.2 Å². The third-order valence-electron chi connectivity index (χ3n) is 7.65. The Morgan fingerprint density at radius 2 is 1.27 bits per heavy atom. The Kier molecular flexibility index (Phi) is 12.3. The molecular formula is C37H38N4O5S3. The fraction of sp³-hybridized carbons (Fsp3) is 0.162. The molecule has 0 atom stereocenters. The van der Waals surface area contributed by atoms with Crippen LogP contribution in [0.3, 0.4) is 0 Å². The first-order valence-electron chi connectivity index (χ1n) is 15.6. The van der Waals surface area contributed by atoms with Crippen molar-refractivity contribution in [3.8, 4) is 0 Å². The number of carbonyl (C=O) groups excluding carboxylic acids is 1. The van der Waals surface area contributed by atoms with E-state index in [4.69, 9.17) is 5.14 Å². The van der Waals surface area contributed by atoms with Crippen molar-refractivity contribution in [3.05, 3.63) is 156 Å². The number of sulfonamides is 2. The molecule has 9 nitrogen and oxygen atoms in total. The van der Waals surface area contributed by atoms with E-state index in [1.165, 1.54) is 29.8 Å². The zero-order chi connectivity index (χ0) is 34.7. The molecule has 1 amide bonds. The summed E-state index contributed by atoms with van der Waals surface area (Å²) in [5.74, 6) is 0.0907. The van der Waals surface area contributed by atoms with Crippen LogP contribution in [0.1, 0.15) is 27.0 Å². The summed E-state index contributed by atoms with van der Waals surface area (Å²) in [6, 6.07) is 39.8. The molecule has 12 heteroatoms. The number of nitrogens with zero attached hydrogens (tertiary/aromatic N) is 1. The monoisotopic (exact) mass is 714 g/mol.